The molecule has 0 aromatic carbocycles. The average molecular weight is 213 g/mol. The van der Waals surface area contributed by atoms with E-state index in [-0.39, 0.29) is 0 Å². The van der Waals surface area contributed by atoms with Crippen molar-refractivity contribution >= 4 is 0 Å². The minimum Gasteiger partial charge on any atom is -0.378 e. The summed E-state index contributed by atoms with van der Waals surface area (Å²) < 4.78 is 11.4. The molecule has 0 aromatic heterocycles. The van der Waals surface area contributed by atoms with Crippen molar-refractivity contribution in [3.8, 4) is 0 Å². The Labute approximate surface area is 92.7 Å². The molecular weight excluding hydrogens is 190 g/mol. The third kappa shape index (κ3) is 2.71. The van der Waals surface area contributed by atoms with Gasteiger partial charge in [-0.15, -0.1) is 0 Å². The maximum absolute atomic E-state index is 5.94. The van der Waals surface area contributed by atoms with Crippen LogP contribution in [-0.2, 0) is 9.47 Å². The summed E-state index contributed by atoms with van der Waals surface area (Å²) in [5.74, 6) is 0.693. The summed E-state index contributed by atoms with van der Waals surface area (Å²) in [5.41, 5.74) is 0. The van der Waals surface area contributed by atoms with E-state index >= 15 is 0 Å². The van der Waals surface area contributed by atoms with Gasteiger partial charge in [-0.3, -0.25) is 4.90 Å². The number of hydrogen-bond acceptors (Lipinski definition) is 3. The van der Waals surface area contributed by atoms with Crippen LogP contribution < -0.4 is 0 Å². The van der Waals surface area contributed by atoms with E-state index < -0.39 is 0 Å². The van der Waals surface area contributed by atoms with Gasteiger partial charge in [0.15, 0.2) is 0 Å². The fourth-order valence-electron chi connectivity index (χ4n) is 2.59. The van der Waals surface area contributed by atoms with Gasteiger partial charge in [0.25, 0.3) is 0 Å². The monoisotopic (exact) mass is 213 g/mol. The molecule has 0 amide bonds. The maximum Gasteiger partial charge on any atom is 0.0728 e. The standard InChI is InChI=1S/C12H23NO2/c1-3-4-10(2)12-7-13-5-6-14-8-11(13)9-15-12/h10-12H,3-9H2,1-2H3. The molecule has 2 heterocycles. The second kappa shape index (κ2) is 5.28. The lowest BCUT2D eigenvalue weighted by atomic mass is 9.97. The minimum absolute atomic E-state index is 0.444. The van der Waals surface area contributed by atoms with E-state index in [0.29, 0.717) is 18.1 Å². The highest BCUT2D eigenvalue weighted by molar-refractivity contribution is 4.84. The van der Waals surface area contributed by atoms with Crippen LogP contribution in [0.25, 0.3) is 0 Å². The number of hydrogen-bond donors (Lipinski definition) is 0. The van der Waals surface area contributed by atoms with E-state index in [1.807, 2.05) is 0 Å². The molecule has 2 aliphatic rings. The average Bonchev–Trinajstić information content (AvgIpc) is 2.29. The van der Waals surface area contributed by atoms with Crippen LogP contribution in [0.15, 0.2) is 0 Å². The SMILES string of the molecule is CCCC(C)C1CN2CCOCC2CO1. The van der Waals surface area contributed by atoms with Crippen molar-refractivity contribution in [2.45, 2.75) is 38.8 Å². The van der Waals surface area contributed by atoms with Gasteiger partial charge in [0.2, 0.25) is 0 Å². The molecular formula is C12H23NO2. The van der Waals surface area contributed by atoms with Crippen LogP contribution in [0.1, 0.15) is 26.7 Å². The Hall–Kier alpha value is -0.120. The highest BCUT2D eigenvalue weighted by Crippen LogP contribution is 2.22. The molecule has 0 bridgehead atoms. The Balaban J connectivity index is 1.85. The molecule has 0 aliphatic carbocycles. The fourth-order valence-corrected chi connectivity index (χ4v) is 2.59. The summed E-state index contributed by atoms with van der Waals surface area (Å²) >= 11 is 0. The van der Waals surface area contributed by atoms with Crippen molar-refractivity contribution in [1.82, 2.24) is 4.90 Å². The van der Waals surface area contributed by atoms with E-state index in [9.17, 15) is 0 Å². The molecule has 2 saturated heterocycles. The Morgan fingerprint density at radius 3 is 3.07 bits per heavy atom. The summed E-state index contributed by atoms with van der Waals surface area (Å²) in [6.45, 7) is 9.36. The zero-order chi connectivity index (χ0) is 10.7. The van der Waals surface area contributed by atoms with Crippen LogP contribution in [0.5, 0.6) is 0 Å². The van der Waals surface area contributed by atoms with Crippen LogP contribution in [-0.4, -0.2) is 50.0 Å². The number of rotatable bonds is 3. The number of fused-ring (bicyclic) bond motifs is 1. The lowest BCUT2D eigenvalue weighted by Gasteiger charge is -2.43. The number of morpholine rings is 2. The molecule has 2 aliphatic heterocycles. The maximum atomic E-state index is 5.94. The smallest absolute Gasteiger partial charge is 0.0728 e. The first-order valence-electron chi connectivity index (χ1n) is 6.24. The molecule has 88 valence electrons. The largest absolute Gasteiger partial charge is 0.378 e. The summed E-state index contributed by atoms with van der Waals surface area (Å²) in [5, 5.41) is 0. The molecule has 0 spiro atoms. The lowest BCUT2D eigenvalue weighted by molar-refractivity contribution is -0.129. The van der Waals surface area contributed by atoms with Crippen LogP contribution in [0.2, 0.25) is 0 Å². The third-order valence-corrected chi connectivity index (χ3v) is 3.65. The van der Waals surface area contributed by atoms with Crippen LogP contribution in [0.4, 0.5) is 0 Å². The zero-order valence-electron chi connectivity index (χ0n) is 9.95. The van der Waals surface area contributed by atoms with Crippen molar-refractivity contribution in [3.63, 3.8) is 0 Å². The zero-order valence-corrected chi connectivity index (χ0v) is 9.95. The normalized spacial score (nSPS) is 34.8. The summed E-state index contributed by atoms with van der Waals surface area (Å²) in [7, 11) is 0. The lowest BCUT2D eigenvalue weighted by Crippen LogP contribution is -2.56. The first kappa shape index (κ1) is 11.4. The highest BCUT2D eigenvalue weighted by atomic mass is 16.5. The van der Waals surface area contributed by atoms with Gasteiger partial charge in [0.05, 0.1) is 32.0 Å². The van der Waals surface area contributed by atoms with Crippen molar-refractivity contribution in [3.05, 3.63) is 0 Å². The minimum atomic E-state index is 0.444. The Kier molecular flexibility index (Phi) is 4.00. The summed E-state index contributed by atoms with van der Waals surface area (Å²) in [6, 6.07) is 0.517. The molecule has 0 N–H and O–H groups in total. The molecule has 0 aromatic rings. The molecule has 15 heavy (non-hydrogen) atoms. The molecule has 2 rings (SSSR count). The molecule has 3 nitrogen and oxygen atoms in total. The predicted octanol–water partition coefficient (Wildman–Crippen LogP) is 1.52. The first-order valence-corrected chi connectivity index (χ1v) is 6.24. The van der Waals surface area contributed by atoms with Gasteiger partial charge < -0.3 is 9.47 Å². The quantitative estimate of drug-likeness (QED) is 0.709. The van der Waals surface area contributed by atoms with E-state index in [1.54, 1.807) is 0 Å². The fraction of sp³-hybridized carbons (Fsp3) is 1.00. The van der Waals surface area contributed by atoms with E-state index in [1.165, 1.54) is 12.8 Å². The van der Waals surface area contributed by atoms with Crippen LogP contribution in [0, 0.1) is 5.92 Å². The van der Waals surface area contributed by atoms with E-state index in [4.69, 9.17) is 9.47 Å². The number of ether oxygens (including phenoxy) is 2. The van der Waals surface area contributed by atoms with Gasteiger partial charge in [0.1, 0.15) is 0 Å². The molecule has 0 radical (unpaired) electrons. The van der Waals surface area contributed by atoms with Crippen LogP contribution in [0.3, 0.4) is 0 Å². The summed E-state index contributed by atoms with van der Waals surface area (Å²) in [4.78, 5) is 2.55. The van der Waals surface area contributed by atoms with Crippen molar-refractivity contribution < 1.29 is 9.47 Å². The summed E-state index contributed by atoms with van der Waals surface area (Å²) in [6.07, 6.45) is 2.98. The molecule has 3 heteroatoms. The van der Waals surface area contributed by atoms with Crippen molar-refractivity contribution in [2.75, 3.05) is 32.9 Å². The second-order valence-corrected chi connectivity index (χ2v) is 4.86. The number of nitrogens with zero attached hydrogens (tertiary/aromatic N) is 1. The second-order valence-electron chi connectivity index (χ2n) is 4.86. The van der Waals surface area contributed by atoms with Gasteiger partial charge in [-0.1, -0.05) is 20.3 Å². The van der Waals surface area contributed by atoms with Gasteiger partial charge in [-0.05, 0) is 12.3 Å². The van der Waals surface area contributed by atoms with Crippen molar-refractivity contribution in [1.29, 1.82) is 0 Å². The molecule has 3 atom stereocenters. The molecule has 3 unspecified atom stereocenters. The first-order chi connectivity index (χ1) is 7.31. The molecule has 2 fully saturated rings. The Morgan fingerprint density at radius 2 is 2.27 bits per heavy atom. The predicted molar refractivity (Wildman–Crippen MR) is 60.0 cm³/mol. The van der Waals surface area contributed by atoms with Crippen molar-refractivity contribution in [2.24, 2.45) is 5.92 Å². The van der Waals surface area contributed by atoms with Gasteiger partial charge in [0, 0.05) is 13.1 Å². The Bertz CT molecular complexity index is 198. The highest BCUT2D eigenvalue weighted by Gasteiger charge is 2.33. The van der Waals surface area contributed by atoms with Crippen LogP contribution >= 0.6 is 0 Å². The molecule has 0 saturated carbocycles. The topological polar surface area (TPSA) is 21.7 Å². The Morgan fingerprint density at radius 1 is 1.40 bits per heavy atom. The van der Waals surface area contributed by atoms with E-state index in [2.05, 4.69) is 18.7 Å². The van der Waals surface area contributed by atoms with Gasteiger partial charge in [-0.2, -0.15) is 0 Å². The van der Waals surface area contributed by atoms with E-state index in [0.717, 1.165) is 32.9 Å². The van der Waals surface area contributed by atoms with Gasteiger partial charge in [-0.25, -0.2) is 0 Å². The third-order valence-electron chi connectivity index (χ3n) is 3.65. The van der Waals surface area contributed by atoms with Gasteiger partial charge >= 0.3 is 0 Å².